The third-order valence-corrected chi connectivity index (χ3v) is 8.47. The van der Waals surface area contributed by atoms with E-state index in [0.717, 1.165) is 37.3 Å². The van der Waals surface area contributed by atoms with E-state index in [0.29, 0.717) is 24.3 Å². The number of phenols is 1. The monoisotopic (exact) mass is 462 g/mol. The van der Waals surface area contributed by atoms with Crippen LogP contribution in [0, 0.1) is 11.8 Å². The normalized spacial score (nSPS) is 26.0. The van der Waals surface area contributed by atoms with Gasteiger partial charge in [-0.05, 0) is 91.4 Å². The number of hydrogen-bond acceptors (Lipinski definition) is 4. The molecule has 0 unspecified atom stereocenters. The van der Waals surface area contributed by atoms with Crippen molar-refractivity contribution in [1.82, 2.24) is 10.2 Å². The molecule has 3 atom stereocenters. The molecule has 34 heavy (non-hydrogen) atoms. The molecule has 3 N–H and O–H groups in total. The van der Waals surface area contributed by atoms with Crippen molar-refractivity contribution < 1.29 is 19.8 Å². The van der Waals surface area contributed by atoms with Crippen LogP contribution in [0.5, 0.6) is 5.75 Å². The number of amides is 1. The van der Waals surface area contributed by atoms with Gasteiger partial charge in [-0.1, -0.05) is 25.1 Å². The molecule has 1 saturated carbocycles. The molecule has 2 bridgehead atoms. The summed E-state index contributed by atoms with van der Waals surface area (Å²) >= 11 is 0. The minimum absolute atomic E-state index is 0.0482. The molecule has 0 aromatic heterocycles. The van der Waals surface area contributed by atoms with Crippen LogP contribution in [-0.2, 0) is 23.1 Å². The van der Waals surface area contributed by atoms with E-state index in [1.807, 2.05) is 6.07 Å². The molecule has 2 aromatic rings. The van der Waals surface area contributed by atoms with Crippen LogP contribution >= 0.6 is 0 Å². The molecule has 2 aliphatic carbocycles. The Kier molecular flexibility index (Phi) is 6.11. The van der Waals surface area contributed by atoms with Crippen molar-refractivity contribution in [2.75, 3.05) is 19.6 Å². The van der Waals surface area contributed by atoms with Crippen LogP contribution < -0.4 is 5.32 Å². The number of fused-ring (bicyclic) bond motifs is 4. The van der Waals surface area contributed by atoms with Gasteiger partial charge in [-0.2, -0.15) is 0 Å². The molecule has 1 aliphatic heterocycles. The van der Waals surface area contributed by atoms with Gasteiger partial charge in [0.1, 0.15) is 5.75 Å². The Morgan fingerprint density at radius 2 is 1.91 bits per heavy atom. The van der Waals surface area contributed by atoms with Gasteiger partial charge in [0.15, 0.2) is 0 Å². The van der Waals surface area contributed by atoms with Gasteiger partial charge >= 0.3 is 5.97 Å². The highest BCUT2D eigenvalue weighted by atomic mass is 16.4. The number of likely N-dealkylation sites (tertiary alicyclic amines) is 1. The van der Waals surface area contributed by atoms with Gasteiger partial charge in [-0.3, -0.25) is 9.69 Å². The number of carboxylic acid groups (broad SMARTS) is 1. The van der Waals surface area contributed by atoms with Crippen molar-refractivity contribution >= 4 is 11.9 Å². The highest BCUT2D eigenvalue weighted by Gasteiger charge is 2.51. The molecular weight excluding hydrogens is 428 g/mol. The Bertz CT molecular complexity index is 1080. The van der Waals surface area contributed by atoms with E-state index in [-0.39, 0.29) is 23.3 Å². The summed E-state index contributed by atoms with van der Waals surface area (Å²) in [7, 11) is 0. The third kappa shape index (κ3) is 4.43. The number of nitrogens with one attached hydrogen (secondary N) is 1. The number of benzene rings is 2. The predicted molar refractivity (Wildman–Crippen MR) is 130 cm³/mol. The quantitative estimate of drug-likeness (QED) is 0.556. The van der Waals surface area contributed by atoms with Crippen LogP contribution in [0.1, 0.15) is 59.7 Å². The lowest BCUT2D eigenvalue weighted by Gasteiger charge is -2.56. The van der Waals surface area contributed by atoms with Gasteiger partial charge in [0.2, 0.25) is 5.91 Å². The zero-order chi connectivity index (χ0) is 23.9. The zero-order valence-electron chi connectivity index (χ0n) is 19.8. The zero-order valence-corrected chi connectivity index (χ0v) is 19.8. The maximum absolute atomic E-state index is 12.6. The number of phenolic OH excluding ortho intramolecular Hbond substituents is 1. The Labute approximate surface area is 201 Å². The van der Waals surface area contributed by atoms with E-state index in [1.54, 1.807) is 18.2 Å². The van der Waals surface area contributed by atoms with Crippen molar-refractivity contribution in [3.05, 3.63) is 64.7 Å². The fraction of sp³-hybridized carbons (Fsp3) is 0.500. The summed E-state index contributed by atoms with van der Waals surface area (Å²) in [6.07, 6.45) is 5.88. The average Bonchev–Trinajstić information content (AvgIpc) is 3.62. The number of aromatic carboxylic acids is 1. The van der Waals surface area contributed by atoms with Gasteiger partial charge in [-0.25, -0.2) is 4.79 Å². The highest BCUT2D eigenvalue weighted by molar-refractivity contribution is 5.87. The van der Waals surface area contributed by atoms with Crippen molar-refractivity contribution in [3.63, 3.8) is 0 Å². The fourth-order valence-electron chi connectivity index (χ4n) is 6.32. The van der Waals surface area contributed by atoms with Crippen molar-refractivity contribution in [1.29, 1.82) is 0 Å². The molecular formula is C28H34N2O4. The number of rotatable bonds is 8. The number of carbonyl (C=O) groups is 2. The summed E-state index contributed by atoms with van der Waals surface area (Å²) in [5.74, 6) is 0.615. The van der Waals surface area contributed by atoms with Gasteiger partial charge in [0.05, 0.1) is 12.0 Å². The van der Waals surface area contributed by atoms with Crippen molar-refractivity contribution in [2.45, 2.75) is 56.9 Å². The Morgan fingerprint density at radius 3 is 2.62 bits per heavy atom. The Hall–Kier alpha value is -2.86. The molecule has 2 fully saturated rings. The number of aromatic hydroxyl groups is 1. The van der Waals surface area contributed by atoms with E-state index in [1.165, 1.54) is 42.6 Å². The standard InChI is InChI=1S/C28H34N2O4/c1-18-25-15-22-8-9-23(31)16-24(22)28(18,11-13-30(25)17-20-2-3-20)10-12-29-26(32)14-19-4-6-21(7-5-19)27(33)34/h4-9,16,18,20,25,31H,2-3,10-15,17H2,1H3,(H,29,32)(H,33,34)/t18-,25+,28-/m0/s1. The number of hydrogen-bond donors (Lipinski definition) is 3. The van der Waals surface area contributed by atoms with E-state index in [4.69, 9.17) is 5.11 Å². The molecule has 0 spiro atoms. The number of carboxylic acids is 1. The Morgan fingerprint density at radius 1 is 1.15 bits per heavy atom. The summed E-state index contributed by atoms with van der Waals surface area (Å²) in [6, 6.07) is 12.8. The first-order valence-corrected chi connectivity index (χ1v) is 12.5. The minimum atomic E-state index is -0.968. The number of nitrogens with zero attached hydrogens (tertiary/aromatic N) is 1. The topological polar surface area (TPSA) is 89.9 Å². The van der Waals surface area contributed by atoms with E-state index < -0.39 is 5.97 Å². The largest absolute Gasteiger partial charge is 0.508 e. The lowest BCUT2D eigenvalue weighted by molar-refractivity contribution is -0.120. The van der Waals surface area contributed by atoms with E-state index >= 15 is 0 Å². The maximum atomic E-state index is 12.6. The third-order valence-electron chi connectivity index (χ3n) is 8.47. The minimum Gasteiger partial charge on any atom is -0.508 e. The van der Waals surface area contributed by atoms with Crippen LogP contribution in [-0.4, -0.2) is 52.7 Å². The van der Waals surface area contributed by atoms with Crippen molar-refractivity contribution in [2.24, 2.45) is 11.8 Å². The highest BCUT2D eigenvalue weighted by Crippen LogP contribution is 2.52. The number of piperidine rings is 1. The smallest absolute Gasteiger partial charge is 0.335 e. The van der Waals surface area contributed by atoms with Crippen LogP contribution in [0.3, 0.4) is 0 Å². The lowest BCUT2D eigenvalue weighted by atomic mass is 9.56. The second-order valence-electron chi connectivity index (χ2n) is 10.5. The van der Waals surface area contributed by atoms with Gasteiger partial charge in [0.25, 0.3) is 0 Å². The molecule has 1 saturated heterocycles. The first-order valence-electron chi connectivity index (χ1n) is 12.5. The van der Waals surface area contributed by atoms with Crippen LogP contribution in [0.25, 0.3) is 0 Å². The summed E-state index contributed by atoms with van der Waals surface area (Å²) in [5.41, 5.74) is 3.58. The molecule has 2 aromatic carbocycles. The van der Waals surface area contributed by atoms with Gasteiger partial charge in [-0.15, -0.1) is 0 Å². The van der Waals surface area contributed by atoms with Crippen molar-refractivity contribution in [3.8, 4) is 5.75 Å². The molecule has 1 amide bonds. The SMILES string of the molecule is C[C@H]1[C@H]2Cc3ccc(O)cc3[C@@]1(CCNC(=O)Cc1ccc(C(=O)O)cc1)CCN2CC1CC1. The molecule has 6 heteroatoms. The maximum Gasteiger partial charge on any atom is 0.335 e. The summed E-state index contributed by atoms with van der Waals surface area (Å²) in [5, 5.41) is 22.4. The lowest BCUT2D eigenvalue weighted by Crippen LogP contribution is -2.60. The summed E-state index contributed by atoms with van der Waals surface area (Å²) in [4.78, 5) is 26.4. The van der Waals surface area contributed by atoms with Crippen LogP contribution in [0.15, 0.2) is 42.5 Å². The molecule has 6 nitrogen and oxygen atoms in total. The average molecular weight is 463 g/mol. The Balaban J connectivity index is 1.28. The van der Waals surface area contributed by atoms with E-state index in [2.05, 4.69) is 23.2 Å². The summed E-state index contributed by atoms with van der Waals surface area (Å²) < 4.78 is 0. The van der Waals surface area contributed by atoms with Crippen LogP contribution in [0.4, 0.5) is 0 Å². The second-order valence-corrected chi connectivity index (χ2v) is 10.5. The summed E-state index contributed by atoms with van der Waals surface area (Å²) in [6.45, 7) is 5.23. The van der Waals surface area contributed by atoms with Gasteiger partial charge < -0.3 is 15.5 Å². The molecule has 180 valence electrons. The molecule has 5 rings (SSSR count). The van der Waals surface area contributed by atoms with Gasteiger partial charge in [0, 0.05) is 24.5 Å². The van der Waals surface area contributed by atoms with Crippen LogP contribution in [0.2, 0.25) is 0 Å². The predicted octanol–water partition coefficient (Wildman–Crippen LogP) is 3.75. The molecule has 3 aliphatic rings. The second kappa shape index (κ2) is 9.06. The fourth-order valence-corrected chi connectivity index (χ4v) is 6.32. The first kappa shape index (κ1) is 22.9. The molecule has 0 radical (unpaired) electrons. The van der Waals surface area contributed by atoms with E-state index in [9.17, 15) is 14.7 Å². The first-order chi connectivity index (χ1) is 16.4. The molecule has 1 heterocycles. The number of carbonyl (C=O) groups excluding carboxylic acids is 1.